The topological polar surface area (TPSA) is 352 Å². The number of allylic oxidation sites excluding steroid dienone is 2. The number of aromatic amines is 8. The number of fused-ring (bicyclic) bond motifs is 15. The van der Waals surface area contributed by atoms with Crippen LogP contribution in [0.5, 0.6) is 0 Å². The van der Waals surface area contributed by atoms with Crippen LogP contribution in [0.1, 0.15) is 134 Å². The predicted molar refractivity (Wildman–Crippen MR) is 507 cm³/mol. The van der Waals surface area contributed by atoms with Gasteiger partial charge >= 0.3 is 0 Å². The van der Waals surface area contributed by atoms with Gasteiger partial charge in [-0.25, -0.2) is 24.9 Å². The van der Waals surface area contributed by atoms with Crippen LogP contribution in [0.4, 0.5) is 11.4 Å². The van der Waals surface area contributed by atoms with Crippen molar-refractivity contribution in [1.82, 2.24) is 121 Å². The maximum absolute atomic E-state index is 13.4. The number of aryl methyl sites for hydroxylation is 3. The molecule has 1 saturated carbocycles. The van der Waals surface area contributed by atoms with Gasteiger partial charge in [-0.1, -0.05) is 18.6 Å². The highest BCUT2D eigenvalue weighted by Gasteiger charge is 2.30. The van der Waals surface area contributed by atoms with Crippen LogP contribution in [0.25, 0.3) is 154 Å². The fourth-order valence-electron chi connectivity index (χ4n) is 19.4. The maximum atomic E-state index is 13.4. The van der Waals surface area contributed by atoms with Gasteiger partial charge in [0.15, 0.2) is 0 Å². The Bertz CT molecular complexity index is 7330. The van der Waals surface area contributed by atoms with Gasteiger partial charge < -0.3 is 19.6 Å². The van der Waals surface area contributed by atoms with Crippen molar-refractivity contribution in [2.45, 2.75) is 118 Å². The highest BCUT2D eigenvalue weighted by Crippen LogP contribution is 2.43. The van der Waals surface area contributed by atoms with Gasteiger partial charge in [0.1, 0.15) is 0 Å². The number of nitrogens with one attached hydrogen (secondary N) is 8. The van der Waals surface area contributed by atoms with Gasteiger partial charge in [0, 0.05) is 180 Å². The number of rotatable bonds is 12. The number of piperazine rings is 1. The quantitative estimate of drug-likeness (QED) is 0.0563. The summed E-state index contributed by atoms with van der Waals surface area (Å²) in [5.41, 5.74) is 31.4. The van der Waals surface area contributed by atoms with Crippen molar-refractivity contribution in [2.75, 3.05) is 95.4 Å². The lowest BCUT2D eigenvalue weighted by Gasteiger charge is -2.35. The zero-order valence-corrected chi connectivity index (χ0v) is 72.5. The average molecular weight is 1690 g/mol. The fraction of sp³-hybridized carbons (Fsp3) is 0.327. The second-order valence-electron chi connectivity index (χ2n) is 34.9. The zero-order chi connectivity index (χ0) is 85.8. The maximum Gasteiger partial charge on any atom is 0.254 e. The van der Waals surface area contributed by atoms with Crippen LogP contribution in [-0.2, 0) is 13.0 Å². The number of aromatic nitrogens is 21. The van der Waals surface area contributed by atoms with Crippen LogP contribution < -0.4 is 9.80 Å². The molecule has 18 aromatic rings. The largest absolute Gasteiger partial charge is 0.371 e. The van der Waals surface area contributed by atoms with Gasteiger partial charge in [0.25, 0.3) is 5.91 Å². The Labute approximate surface area is 732 Å². The Morgan fingerprint density at radius 3 is 1.15 bits per heavy atom. The number of carbonyl (C=O) groups excluding carboxylic acids is 1. The lowest BCUT2D eigenvalue weighted by Crippen LogP contribution is -2.44. The standard InChI is InChI=1S/C21H21N5O.C20H22N6.C19H21N7.C19H20N6.C19H18N4/c1-13-14(7-8-22-13)19-11-15(21(27)26-9-3-2-4-10-26)20-16-12-23-25-17(16)5-6-18(20)24-19;1-13-15(10-21-24-13)19-9-14(12-26-7-3-2-4-8-26)20-16-11-22-25-17(16)5-6-18(20)23-19;1-12-13(10-20-23-12)17-9-18(26-7-5-25(2)6-8-26)19-14-11-21-24-15(14)3-4-16(19)22-17;1-12-13(10-20-23-12)17-9-18(25-7-3-2-4-8-25)19-14-11-21-24-15(14)5-6-16(19)22-17;1-11-14(6-7-20-11)18-9-13(8-12-2-3-12)19-15-10-21-23-16(15)4-5-17(19)22-18/h5-7,11-12H,2-4,8-10H2,1H3,(H,23,25);5-6,9-11H,2-4,7-8,12H2,1H3,(H,21,24)(H,22,25);3-4,9-11H,5-8H2,1-2H3,(H,20,23)(H,21,24);5-6,9-11H,2-4,7-8H2,1H3,(H,20,23)(H,21,24);4-6,9-10,12H,2-3,7-8H2,1H3,(H,21,23). The lowest BCUT2D eigenvalue weighted by molar-refractivity contribution is 0.0726. The molecule has 29 heteroatoms. The van der Waals surface area contributed by atoms with Crippen molar-refractivity contribution in [1.29, 1.82) is 0 Å². The molecule has 127 heavy (non-hydrogen) atoms. The molecule has 19 heterocycles. The highest BCUT2D eigenvalue weighted by molar-refractivity contribution is 6.26. The van der Waals surface area contributed by atoms with E-state index in [1.807, 2.05) is 94.2 Å². The summed E-state index contributed by atoms with van der Waals surface area (Å²) in [5, 5.41) is 69.3. The Hall–Kier alpha value is -14.1. The van der Waals surface area contributed by atoms with Crippen LogP contribution in [-0.4, -0.2) is 224 Å². The minimum Gasteiger partial charge on any atom is -0.371 e. The van der Waals surface area contributed by atoms with Crippen molar-refractivity contribution in [3.05, 3.63) is 198 Å². The molecule has 7 aliphatic rings. The lowest BCUT2D eigenvalue weighted by atomic mass is 9.97. The molecule has 6 aliphatic heterocycles. The number of H-pyrrole nitrogens is 8. The first-order chi connectivity index (χ1) is 62.3. The van der Waals surface area contributed by atoms with Gasteiger partial charge in [-0.3, -0.25) is 60.5 Å². The number of benzene rings is 5. The molecule has 0 atom stereocenters. The Kier molecular flexibility index (Phi) is 21.7. The van der Waals surface area contributed by atoms with Gasteiger partial charge in [-0.15, -0.1) is 0 Å². The molecule has 4 saturated heterocycles. The van der Waals surface area contributed by atoms with Gasteiger partial charge in [-0.2, -0.15) is 40.8 Å². The van der Waals surface area contributed by atoms with Crippen molar-refractivity contribution in [3.63, 3.8) is 0 Å². The SMILES string of the molecule is CC1=NCC=C1c1cc(C(=O)N2CCCCC2)c2c(ccc3[nH]ncc32)n1.CC1=NCC=C1c1cc(CC2CC2)c2c(ccc3[nH]ncc32)n1.Cc1[nH]ncc1-c1cc(CN2CCCCC2)c2c(ccc3[nH]ncc32)n1.Cc1[nH]ncc1-c1cc(N2CCCCC2)c2c(ccc3[nH]ncc32)n1.Cc1[nH]ncc1-c1cc(N2CCN(C)CC2)c2c(ccc3[nH]ncc32)n1. The molecule has 25 rings (SSSR count). The Morgan fingerprint density at radius 2 is 0.724 bits per heavy atom. The number of anilines is 2. The number of likely N-dealkylation sites (N-methyl/N-ethyl adjacent to an activating group) is 1. The summed E-state index contributed by atoms with van der Waals surface area (Å²) in [5.74, 6) is 0.924. The minimum absolute atomic E-state index is 0.0882. The zero-order valence-electron chi connectivity index (χ0n) is 72.5. The number of likely N-dealkylation sites (tertiary alicyclic amines) is 2. The number of piperidine rings is 3. The van der Waals surface area contributed by atoms with Crippen LogP contribution in [0.3, 0.4) is 0 Å². The number of amides is 1. The molecule has 5 aromatic carbocycles. The summed E-state index contributed by atoms with van der Waals surface area (Å²) >= 11 is 0. The van der Waals surface area contributed by atoms with Crippen LogP contribution in [0.15, 0.2) is 163 Å². The number of hydrogen-bond donors (Lipinski definition) is 8. The molecular formula is C98H102N28O. The van der Waals surface area contributed by atoms with Crippen molar-refractivity contribution < 1.29 is 4.79 Å². The highest BCUT2D eigenvalue weighted by atomic mass is 16.2. The number of nitrogens with zero attached hydrogens (tertiary/aromatic N) is 20. The van der Waals surface area contributed by atoms with Gasteiger partial charge in [0.2, 0.25) is 0 Å². The van der Waals surface area contributed by atoms with E-state index < -0.39 is 0 Å². The molecule has 1 amide bonds. The smallest absolute Gasteiger partial charge is 0.254 e. The summed E-state index contributed by atoms with van der Waals surface area (Å²) in [6, 6.07) is 31.4. The molecule has 29 nitrogen and oxygen atoms in total. The summed E-state index contributed by atoms with van der Waals surface area (Å²) in [6.07, 6.45) is 34.2. The van der Waals surface area contributed by atoms with E-state index in [-0.39, 0.29) is 5.91 Å². The molecule has 0 unspecified atom stereocenters. The number of carbonyl (C=O) groups is 1. The molecule has 8 N–H and O–H groups in total. The van der Waals surface area contributed by atoms with E-state index in [9.17, 15) is 4.79 Å². The molecule has 0 bridgehead atoms. The molecule has 1 aliphatic carbocycles. The van der Waals surface area contributed by atoms with E-state index in [0.29, 0.717) is 12.1 Å². The van der Waals surface area contributed by atoms with Crippen molar-refractivity contribution in [2.24, 2.45) is 15.9 Å². The first kappa shape index (κ1) is 80.1. The van der Waals surface area contributed by atoms with Gasteiger partial charge in [0.05, 0.1) is 152 Å². The first-order valence-electron chi connectivity index (χ1n) is 44.8. The third kappa shape index (κ3) is 15.9. The molecular weight excluding hydrogens is 1590 g/mol. The van der Waals surface area contributed by atoms with E-state index in [4.69, 9.17) is 24.9 Å². The second-order valence-corrected chi connectivity index (χ2v) is 34.9. The second kappa shape index (κ2) is 34.5. The summed E-state index contributed by atoms with van der Waals surface area (Å²) in [6.45, 7) is 22.9. The van der Waals surface area contributed by atoms with E-state index >= 15 is 0 Å². The minimum atomic E-state index is 0.0882. The summed E-state index contributed by atoms with van der Waals surface area (Å²) < 4.78 is 0. The Balaban J connectivity index is 0.0000000968. The van der Waals surface area contributed by atoms with E-state index in [1.54, 1.807) is 6.20 Å². The van der Waals surface area contributed by atoms with E-state index in [2.05, 4.69) is 210 Å². The Morgan fingerprint density at radius 1 is 0.362 bits per heavy atom. The number of aliphatic imine (C=N–C) groups is 2. The molecule has 13 aromatic heterocycles. The first-order valence-corrected chi connectivity index (χ1v) is 44.8. The number of hydrogen-bond acceptors (Lipinski definition) is 20. The van der Waals surface area contributed by atoms with E-state index in [1.165, 1.54) is 126 Å². The molecule has 0 radical (unpaired) electrons. The van der Waals surface area contributed by atoms with Crippen LogP contribution in [0, 0.1) is 26.7 Å². The fourth-order valence-corrected chi connectivity index (χ4v) is 19.4. The third-order valence-electron chi connectivity index (χ3n) is 26.4. The third-order valence-corrected chi connectivity index (χ3v) is 26.4. The summed E-state index contributed by atoms with van der Waals surface area (Å²) in [4.78, 5) is 58.9. The van der Waals surface area contributed by atoms with Crippen LogP contribution >= 0.6 is 0 Å². The predicted octanol–water partition coefficient (Wildman–Crippen LogP) is 17.7. The monoisotopic (exact) mass is 1690 g/mol. The number of pyridine rings is 5. The van der Waals surface area contributed by atoms with Crippen LogP contribution in [0.2, 0.25) is 0 Å². The summed E-state index contributed by atoms with van der Waals surface area (Å²) in [7, 11) is 2.18. The van der Waals surface area contributed by atoms with Gasteiger partial charge in [-0.05, 0) is 233 Å². The molecule has 5 fully saturated rings. The molecule has 640 valence electrons. The van der Waals surface area contributed by atoms with Crippen molar-refractivity contribution in [3.8, 4) is 33.8 Å². The van der Waals surface area contributed by atoms with E-state index in [0.717, 1.165) is 252 Å². The average Bonchev–Trinajstić information content (AvgIpc) is 1.74. The molecule has 0 spiro atoms. The van der Waals surface area contributed by atoms with Crippen molar-refractivity contribution >= 4 is 149 Å². The normalized spacial score (nSPS) is 16.5.